The first kappa shape index (κ1) is 42.8. The van der Waals surface area contributed by atoms with Crippen LogP contribution in [-0.4, -0.2) is 29.3 Å². The molecule has 0 atom stereocenters. The monoisotopic (exact) mass is 618 g/mol. The second kappa shape index (κ2) is 36.3. The number of aliphatic hydroxyl groups is 1. The number of unbranched alkanes of at least 4 members (excludes halogenated alkanes) is 18. The molecule has 0 fully saturated rings. The van der Waals surface area contributed by atoms with Crippen LogP contribution in [0.25, 0.3) is 0 Å². The van der Waals surface area contributed by atoms with Crippen LogP contribution in [0, 0.1) is 0 Å². The van der Waals surface area contributed by atoms with Gasteiger partial charge >= 0.3 is 0 Å². The Kier molecular flexibility index (Phi) is 35.3. The number of hydroxylamine groups is 1. The molecule has 0 aromatic carbocycles. The van der Waals surface area contributed by atoms with Crippen LogP contribution in [0.1, 0.15) is 187 Å². The summed E-state index contributed by atoms with van der Waals surface area (Å²) < 4.78 is 5.96. The maximum atomic E-state index is 11.2. The molecular formula is C40H75NO3. The molecule has 0 aromatic heterocycles. The van der Waals surface area contributed by atoms with Crippen molar-refractivity contribution in [1.82, 2.24) is 5.48 Å². The molecule has 0 aliphatic heterocycles. The van der Waals surface area contributed by atoms with Crippen molar-refractivity contribution in [3.8, 4) is 0 Å². The number of hydrogen-bond acceptors (Lipinski definition) is 4. The predicted molar refractivity (Wildman–Crippen MR) is 193 cm³/mol. The lowest BCUT2D eigenvalue weighted by Crippen LogP contribution is -2.33. The minimum atomic E-state index is -1.01. The number of ether oxygens (including phenoxy) is 1. The van der Waals surface area contributed by atoms with Crippen LogP contribution in [0.4, 0.5) is 0 Å². The highest BCUT2D eigenvalue weighted by atomic mass is 16.6. The van der Waals surface area contributed by atoms with E-state index in [0.29, 0.717) is 32.4 Å². The molecule has 0 aliphatic rings. The Bertz CT molecular complexity index is 622. The number of hydrogen-bond donors (Lipinski definition) is 3. The molecule has 4 nitrogen and oxygen atoms in total. The molecule has 0 saturated carbocycles. The van der Waals surface area contributed by atoms with Crippen molar-refractivity contribution < 1.29 is 15.1 Å². The van der Waals surface area contributed by atoms with Gasteiger partial charge in [-0.2, -0.15) is 0 Å². The molecule has 0 aliphatic carbocycles. The average molecular weight is 618 g/mol. The molecule has 4 heteroatoms. The Balaban J connectivity index is 3.90. The number of nitrogens with one attached hydrogen (secondary N) is 1. The third kappa shape index (κ3) is 33.7. The van der Waals surface area contributed by atoms with Gasteiger partial charge in [-0.25, -0.2) is 5.48 Å². The third-order valence-electron chi connectivity index (χ3n) is 8.34. The van der Waals surface area contributed by atoms with Gasteiger partial charge in [0.25, 0.3) is 0 Å². The van der Waals surface area contributed by atoms with Crippen LogP contribution in [0.5, 0.6) is 0 Å². The van der Waals surface area contributed by atoms with Crippen molar-refractivity contribution in [2.45, 2.75) is 193 Å². The summed E-state index contributed by atoms with van der Waals surface area (Å²) in [4.78, 5) is 0. The summed E-state index contributed by atoms with van der Waals surface area (Å²) in [6, 6.07) is 0. The molecule has 0 spiro atoms. The molecule has 0 bridgehead atoms. The zero-order valence-corrected chi connectivity index (χ0v) is 29.4. The Morgan fingerprint density at radius 2 is 0.841 bits per heavy atom. The van der Waals surface area contributed by atoms with Gasteiger partial charge in [0.1, 0.15) is 0 Å². The van der Waals surface area contributed by atoms with Gasteiger partial charge in [-0.15, -0.1) is 0 Å². The van der Waals surface area contributed by atoms with E-state index in [0.717, 1.165) is 38.5 Å². The van der Waals surface area contributed by atoms with E-state index in [-0.39, 0.29) is 0 Å². The molecule has 0 saturated heterocycles. The SMILES string of the molecule is CCCCC/C=C\C/C=C\CCCCCCCCC(O)(CCCCCCCC/C=C\C/C=C\CCCCC)OCCCNO. The van der Waals surface area contributed by atoms with Gasteiger partial charge in [0.2, 0.25) is 0 Å². The van der Waals surface area contributed by atoms with E-state index in [2.05, 4.69) is 67.9 Å². The lowest BCUT2D eigenvalue weighted by atomic mass is 9.98. The van der Waals surface area contributed by atoms with Gasteiger partial charge in [0.15, 0.2) is 5.79 Å². The quantitative estimate of drug-likeness (QED) is 0.0286. The average Bonchev–Trinajstić information content (AvgIpc) is 3.03. The molecule has 44 heavy (non-hydrogen) atoms. The zero-order chi connectivity index (χ0) is 32.1. The van der Waals surface area contributed by atoms with Gasteiger partial charge in [-0.3, -0.25) is 0 Å². The first-order valence-corrected chi connectivity index (χ1v) is 19.0. The fraction of sp³-hybridized carbons (Fsp3) is 0.800. The molecule has 0 unspecified atom stereocenters. The molecule has 3 N–H and O–H groups in total. The minimum absolute atomic E-state index is 0.481. The highest BCUT2D eigenvalue weighted by Crippen LogP contribution is 2.25. The fourth-order valence-electron chi connectivity index (χ4n) is 5.46. The number of rotatable bonds is 35. The van der Waals surface area contributed by atoms with E-state index in [4.69, 9.17) is 9.94 Å². The van der Waals surface area contributed by atoms with E-state index in [1.54, 1.807) is 0 Å². The molecule has 0 heterocycles. The van der Waals surface area contributed by atoms with Gasteiger partial charge in [0, 0.05) is 19.4 Å². The van der Waals surface area contributed by atoms with Crippen LogP contribution < -0.4 is 5.48 Å². The van der Waals surface area contributed by atoms with E-state index >= 15 is 0 Å². The van der Waals surface area contributed by atoms with Gasteiger partial charge < -0.3 is 15.1 Å². The Hall–Kier alpha value is -1.20. The summed E-state index contributed by atoms with van der Waals surface area (Å²) in [5, 5.41) is 20.0. The maximum Gasteiger partial charge on any atom is 0.165 e. The first-order valence-electron chi connectivity index (χ1n) is 19.0. The smallest absolute Gasteiger partial charge is 0.165 e. The number of allylic oxidation sites excluding steroid dienone is 8. The molecule has 0 aromatic rings. The van der Waals surface area contributed by atoms with Crippen LogP contribution in [0.15, 0.2) is 48.6 Å². The Labute approximate surface area is 274 Å². The van der Waals surface area contributed by atoms with E-state index in [1.807, 2.05) is 0 Å². The lowest BCUT2D eigenvalue weighted by Gasteiger charge is -2.29. The van der Waals surface area contributed by atoms with Crippen molar-refractivity contribution in [3.63, 3.8) is 0 Å². The standard InChI is InChI=1S/C40H75NO3/c1-3-5-7-9-11-13-15-17-19-21-23-25-27-29-31-33-36-40(42,44-39-35-38-41-43)37-34-32-30-28-26-24-22-20-18-16-14-12-10-8-6-4-2/h11-14,17-20,41-43H,3-10,15-16,21-39H2,1-2H3/b13-11-,14-12-,19-17-,20-18-. The van der Waals surface area contributed by atoms with Crippen LogP contribution in [0.2, 0.25) is 0 Å². The van der Waals surface area contributed by atoms with Gasteiger partial charge in [-0.1, -0.05) is 140 Å². The van der Waals surface area contributed by atoms with Crippen LogP contribution in [0.3, 0.4) is 0 Å². The molecule has 258 valence electrons. The highest BCUT2D eigenvalue weighted by molar-refractivity contribution is 4.93. The molecular weight excluding hydrogens is 542 g/mol. The summed E-state index contributed by atoms with van der Waals surface area (Å²) in [5.74, 6) is -1.01. The maximum absolute atomic E-state index is 11.2. The zero-order valence-electron chi connectivity index (χ0n) is 29.4. The predicted octanol–water partition coefficient (Wildman–Crippen LogP) is 12.5. The second-order valence-corrected chi connectivity index (χ2v) is 12.7. The minimum Gasteiger partial charge on any atom is -0.365 e. The summed E-state index contributed by atoms with van der Waals surface area (Å²) >= 11 is 0. The van der Waals surface area contributed by atoms with E-state index < -0.39 is 5.79 Å². The molecule has 0 rings (SSSR count). The summed E-state index contributed by atoms with van der Waals surface area (Å²) in [6.45, 7) is 5.48. The summed E-state index contributed by atoms with van der Waals surface area (Å²) in [7, 11) is 0. The second-order valence-electron chi connectivity index (χ2n) is 12.7. The molecule has 0 radical (unpaired) electrons. The largest absolute Gasteiger partial charge is 0.365 e. The van der Waals surface area contributed by atoms with Gasteiger partial charge in [0.05, 0.1) is 6.61 Å². The van der Waals surface area contributed by atoms with Crippen LogP contribution in [-0.2, 0) is 4.74 Å². The summed E-state index contributed by atoms with van der Waals surface area (Å²) in [5.41, 5.74) is 2.18. The van der Waals surface area contributed by atoms with Crippen molar-refractivity contribution in [3.05, 3.63) is 48.6 Å². The fourth-order valence-corrected chi connectivity index (χ4v) is 5.46. The van der Waals surface area contributed by atoms with Crippen molar-refractivity contribution in [2.75, 3.05) is 13.2 Å². The highest BCUT2D eigenvalue weighted by Gasteiger charge is 2.26. The van der Waals surface area contributed by atoms with Gasteiger partial charge in [-0.05, 0) is 83.5 Å². The Morgan fingerprint density at radius 3 is 1.23 bits per heavy atom. The normalized spacial score (nSPS) is 12.7. The van der Waals surface area contributed by atoms with Crippen molar-refractivity contribution in [2.24, 2.45) is 0 Å². The summed E-state index contributed by atoms with van der Waals surface area (Å²) in [6.07, 6.45) is 50.1. The lowest BCUT2D eigenvalue weighted by molar-refractivity contribution is -0.214. The van der Waals surface area contributed by atoms with E-state index in [9.17, 15) is 5.11 Å². The topological polar surface area (TPSA) is 61.7 Å². The van der Waals surface area contributed by atoms with Crippen molar-refractivity contribution >= 4 is 0 Å². The molecule has 0 amide bonds. The van der Waals surface area contributed by atoms with E-state index in [1.165, 1.54) is 116 Å². The third-order valence-corrected chi connectivity index (χ3v) is 8.34. The first-order chi connectivity index (χ1) is 21.7. The van der Waals surface area contributed by atoms with Crippen molar-refractivity contribution in [1.29, 1.82) is 0 Å². The van der Waals surface area contributed by atoms with Crippen LogP contribution >= 0.6 is 0 Å². The Morgan fingerprint density at radius 1 is 0.477 bits per heavy atom.